The van der Waals surface area contributed by atoms with Gasteiger partial charge in [0.05, 0.1) is 12.7 Å². The predicted molar refractivity (Wildman–Crippen MR) is 90.7 cm³/mol. The van der Waals surface area contributed by atoms with Gasteiger partial charge in [0.2, 0.25) is 0 Å². The van der Waals surface area contributed by atoms with Crippen LogP contribution in [0.2, 0.25) is 0 Å². The highest BCUT2D eigenvalue weighted by Gasteiger charge is 2.16. The molecule has 0 saturated heterocycles. The first-order chi connectivity index (χ1) is 9.93. The van der Waals surface area contributed by atoms with E-state index in [9.17, 15) is 0 Å². The molecule has 0 spiro atoms. The van der Waals surface area contributed by atoms with E-state index in [0.29, 0.717) is 4.99 Å². The molecule has 5 heteroatoms. The zero-order valence-corrected chi connectivity index (χ0v) is 13.5. The highest BCUT2D eigenvalue weighted by Crippen LogP contribution is 2.29. The second-order valence-electron chi connectivity index (χ2n) is 4.90. The monoisotopic (exact) mass is 301 g/mol. The van der Waals surface area contributed by atoms with Gasteiger partial charge in [-0.3, -0.25) is 0 Å². The van der Waals surface area contributed by atoms with Crippen molar-refractivity contribution in [2.75, 3.05) is 19.1 Å². The molecule has 0 atom stereocenters. The van der Waals surface area contributed by atoms with E-state index in [2.05, 4.69) is 4.98 Å². The molecule has 0 aliphatic heterocycles. The normalized spacial score (nSPS) is 10.3. The van der Waals surface area contributed by atoms with Gasteiger partial charge in [0.25, 0.3) is 0 Å². The zero-order valence-electron chi connectivity index (χ0n) is 12.7. The van der Waals surface area contributed by atoms with Gasteiger partial charge in [-0.25, -0.2) is 4.98 Å². The Kier molecular flexibility index (Phi) is 4.43. The Morgan fingerprint density at radius 2 is 2.00 bits per heavy atom. The lowest BCUT2D eigenvalue weighted by Gasteiger charge is -2.23. The minimum absolute atomic E-state index is 0.352. The molecule has 0 aliphatic rings. The van der Waals surface area contributed by atoms with Gasteiger partial charge in [0.1, 0.15) is 16.6 Å². The first-order valence-electron chi connectivity index (χ1n) is 6.60. The van der Waals surface area contributed by atoms with Gasteiger partial charge < -0.3 is 15.4 Å². The summed E-state index contributed by atoms with van der Waals surface area (Å²) >= 11 is 5.18. The lowest BCUT2D eigenvalue weighted by Crippen LogP contribution is -2.21. The maximum Gasteiger partial charge on any atom is 0.143 e. The number of hydrogen-bond acceptors (Lipinski definition) is 4. The maximum absolute atomic E-state index is 5.88. The van der Waals surface area contributed by atoms with E-state index in [1.807, 2.05) is 56.1 Å². The Morgan fingerprint density at radius 1 is 1.29 bits per heavy atom. The quantitative estimate of drug-likeness (QED) is 0.879. The summed E-state index contributed by atoms with van der Waals surface area (Å²) < 4.78 is 5.27. The summed E-state index contributed by atoms with van der Waals surface area (Å²) in [5.74, 6) is 1.55. The van der Waals surface area contributed by atoms with Crippen LogP contribution in [0, 0.1) is 13.8 Å². The average molecular weight is 301 g/mol. The molecule has 4 nitrogen and oxygen atoms in total. The van der Waals surface area contributed by atoms with Crippen molar-refractivity contribution in [1.82, 2.24) is 4.98 Å². The van der Waals surface area contributed by atoms with Crippen LogP contribution in [0.25, 0.3) is 0 Å². The molecule has 2 N–H and O–H groups in total. The lowest BCUT2D eigenvalue weighted by atomic mass is 10.1. The number of nitrogens with two attached hydrogens (primary N) is 1. The summed E-state index contributed by atoms with van der Waals surface area (Å²) in [5, 5.41) is 0. The predicted octanol–water partition coefficient (Wildman–Crippen LogP) is 3.11. The van der Waals surface area contributed by atoms with E-state index in [1.165, 1.54) is 0 Å². The Balaban J connectivity index is 2.56. The molecular weight excluding hydrogens is 282 g/mol. The van der Waals surface area contributed by atoms with Gasteiger partial charge in [-0.05, 0) is 37.6 Å². The molecule has 1 heterocycles. The summed E-state index contributed by atoms with van der Waals surface area (Å²) in [6.07, 6.45) is 0. The number of methoxy groups -OCH3 is 1. The van der Waals surface area contributed by atoms with Crippen molar-refractivity contribution in [2.24, 2.45) is 5.73 Å². The molecule has 0 unspecified atom stereocenters. The standard InChI is InChI=1S/C16H19N3OS/c1-10-8-11(2)18-16(14(10)15(17)21)19(3)12-6-5-7-13(9-12)20-4/h5-9H,1-4H3,(H2,17,21). The van der Waals surface area contributed by atoms with Crippen LogP contribution in [0.5, 0.6) is 5.75 Å². The summed E-state index contributed by atoms with van der Waals surface area (Å²) in [5.41, 5.74) is 9.60. The molecule has 0 amide bonds. The third-order valence-electron chi connectivity index (χ3n) is 3.33. The topological polar surface area (TPSA) is 51.4 Å². The van der Waals surface area contributed by atoms with Crippen LogP contribution in [0.4, 0.5) is 11.5 Å². The number of anilines is 2. The molecule has 0 aliphatic carbocycles. The fourth-order valence-corrected chi connectivity index (χ4v) is 2.56. The van der Waals surface area contributed by atoms with Crippen molar-refractivity contribution < 1.29 is 4.74 Å². The summed E-state index contributed by atoms with van der Waals surface area (Å²) in [7, 11) is 3.59. The largest absolute Gasteiger partial charge is 0.497 e. The summed E-state index contributed by atoms with van der Waals surface area (Å²) in [6, 6.07) is 9.76. The highest BCUT2D eigenvalue weighted by molar-refractivity contribution is 7.80. The van der Waals surface area contributed by atoms with Gasteiger partial charge in [-0.2, -0.15) is 0 Å². The number of aryl methyl sites for hydroxylation is 2. The molecule has 2 rings (SSSR count). The number of rotatable bonds is 4. The summed E-state index contributed by atoms with van der Waals surface area (Å²) in [4.78, 5) is 6.93. The van der Waals surface area contributed by atoms with E-state index in [0.717, 1.165) is 34.1 Å². The van der Waals surface area contributed by atoms with Crippen LogP contribution in [0.1, 0.15) is 16.8 Å². The van der Waals surface area contributed by atoms with Crippen molar-refractivity contribution in [1.29, 1.82) is 0 Å². The van der Waals surface area contributed by atoms with Crippen molar-refractivity contribution in [3.63, 3.8) is 0 Å². The Bertz CT molecular complexity index is 685. The number of benzene rings is 1. The zero-order chi connectivity index (χ0) is 15.6. The van der Waals surface area contributed by atoms with Crippen LogP contribution < -0.4 is 15.4 Å². The van der Waals surface area contributed by atoms with E-state index in [4.69, 9.17) is 22.7 Å². The number of aromatic nitrogens is 1. The summed E-state index contributed by atoms with van der Waals surface area (Å²) in [6.45, 7) is 3.95. The molecule has 110 valence electrons. The van der Waals surface area contributed by atoms with Crippen LogP contribution in [0.15, 0.2) is 30.3 Å². The molecule has 0 saturated carbocycles. The Morgan fingerprint density at radius 3 is 2.62 bits per heavy atom. The Hall–Kier alpha value is -2.14. The van der Waals surface area contributed by atoms with Gasteiger partial charge in [-0.15, -0.1) is 0 Å². The third kappa shape index (κ3) is 3.13. The average Bonchev–Trinajstić information content (AvgIpc) is 2.45. The number of nitrogens with zero attached hydrogens (tertiary/aromatic N) is 2. The van der Waals surface area contributed by atoms with E-state index >= 15 is 0 Å². The van der Waals surface area contributed by atoms with Crippen LogP contribution >= 0.6 is 12.2 Å². The van der Waals surface area contributed by atoms with Crippen LogP contribution in [-0.2, 0) is 0 Å². The van der Waals surface area contributed by atoms with E-state index in [1.54, 1.807) is 7.11 Å². The fraction of sp³-hybridized carbons (Fsp3) is 0.250. The second-order valence-corrected chi connectivity index (χ2v) is 5.34. The number of thiocarbonyl (C=S) groups is 1. The minimum Gasteiger partial charge on any atom is -0.497 e. The van der Waals surface area contributed by atoms with Crippen molar-refractivity contribution in [3.8, 4) is 5.75 Å². The smallest absolute Gasteiger partial charge is 0.143 e. The van der Waals surface area contributed by atoms with E-state index in [-0.39, 0.29) is 0 Å². The maximum atomic E-state index is 5.88. The van der Waals surface area contributed by atoms with Gasteiger partial charge in [-0.1, -0.05) is 18.3 Å². The van der Waals surface area contributed by atoms with E-state index < -0.39 is 0 Å². The van der Waals surface area contributed by atoms with Gasteiger partial charge >= 0.3 is 0 Å². The molecule has 21 heavy (non-hydrogen) atoms. The molecule has 0 fully saturated rings. The molecule has 1 aromatic carbocycles. The van der Waals surface area contributed by atoms with Crippen LogP contribution in [-0.4, -0.2) is 24.1 Å². The van der Waals surface area contributed by atoms with Crippen molar-refractivity contribution in [3.05, 3.63) is 47.2 Å². The molecule has 0 radical (unpaired) electrons. The molecular formula is C16H19N3OS. The second kappa shape index (κ2) is 6.10. The van der Waals surface area contributed by atoms with Crippen molar-refractivity contribution in [2.45, 2.75) is 13.8 Å². The molecule has 2 aromatic rings. The third-order valence-corrected chi connectivity index (χ3v) is 3.53. The number of pyridine rings is 1. The molecule has 1 aromatic heterocycles. The Labute approximate surface area is 130 Å². The highest BCUT2D eigenvalue weighted by atomic mass is 32.1. The fourth-order valence-electron chi connectivity index (χ4n) is 2.31. The lowest BCUT2D eigenvalue weighted by molar-refractivity contribution is 0.415. The van der Waals surface area contributed by atoms with Gasteiger partial charge in [0, 0.05) is 24.5 Å². The number of hydrogen-bond donors (Lipinski definition) is 1. The molecule has 0 bridgehead atoms. The first-order valence-corrected chi connectivity index (χ1v) is 7.00. The minimum atomic E-state index is 0.352. The first kappa shape index (κ1) is 15.3. The van der Waals surface area contributed by atoms with Gasteiger partial charge in [0.15, 0.2) is 0 Å². The SMILES string of the molecule is COc1cccc(N(C)c2nc(C)cc(C)c2C(N)=S)c1. The van der Waals surface area contributed by atoms with Crippen molar-refractivity contribution >= 4 is 28.7 Å². The van der Waals surface area contributed by atoms with Crippen LogP contribution in [0.3, 0.4) is 0 Å². The number of ether oxygens (including phenoxy) is 1.